The van der Waals surface area contributed by atoms with Crippen LogP contribution >= 0.6 is 0 Å². The number of hydrogen-bond donors (Lipinski definition) is 3. The van der Waals surface area contributed by atoms with Crippen LogP contribution in [-0.4, -0.2) is 65.6 Å². The zero-order chi connectivity index (χ0) is 33.1. The van der Waals surface area contributed by atoms with Gasteiger partial charge in [-0.15, -0.1) is 0 Å². The number of pyridine rings is 1. The number of carbonyl (C=O) groups excluding carboxylic acids is 3. The second kappa shape index (κ2) is 15.7. The second-order valence-corrected chi connectivity index (χ2v) is 12.1. The van der Waals surface area contributed by atoms with Gasteiger partial charge in [-0.3, -0.25) is 15.1 Å². The van der Waals surface area contributed by atoms with Gasteiger partial charge in [0.1, 0.15) is 11.3 Å². The van der Waals surface area contributed by atoms with Crippen LogP contribution in [0.25, 0.3) is 11.1 Å². The van der Waals surface area contributed by atoms with Crippen molar-refractivity contribution in [2.45, 2.75) is 39.3 Å². The normalized spacial score (nSPS) is 11.1. The van der Waals surface area contributed by atoms with E-state index in [1.165, 1.54) is 0 Å². The molecule has 4 aromatic rings. The molecule has 0 aliphatic carbocycles. The molecule has 0 saturated heterocycles. The van der Waals surface area contributed by atoms with Gasteiger partial charge >= 0.3 is 12.1 Å². The van der Waals surface area contributed by atoms with Crippen molar-refractivity contribution in [1.29, 1.82) is 0 Å². The molecule has 0 atom stereocenters. The number of benzene rings is 3. The number of ether oxygens (including phenoxy) is 1. The van der Waals surface area contributed by atoms with Crippen LogP contribution in [0.5, 0.6) is 0 Å². The van der Waals surface area contributed by atoms with Gasteiger partial charge in [0.25, 0.3) is 5.91 Å². The van der Waals surface area contributed by atoms with Crippen LogP contribution in [0, 0.1) is 0 Å². The predicted molar refractivity (Wildman–Crippen MR) is 183 cm³/mol. The summed E-state index contributed by atoms with van der Waals surface area (Å²) in [5, 5.41) is 8.49. The van der Waals surface area contributed by atoms with E-state index in [-0.39, 0.29) is 11.7 Å². The van der Waals surface area contributed by atoms with Crippen LogP contribution in [0.1, 0.15) is 43.2 Å². The van der Waals surface area contributed by atoms with Crippen molar-refractivity contribution in [3.05, 3.63) is 108 Å². The molecule has 0 unspecified atom stereocenters. The van der Waals surface area contributed by atoms with Gasteiger partial charge in [0.2, 0.25) is 0 Å². The summed E-state index contributed by atoms with van der Waals surface area (Å²) in [5.74, 6) is -0.440. The molecule has 0 fully saturated rings. The molecule has 0 radical (unpaired) electrons. The molecule has 0 aliphatic rings. The van der Waals surface area contributed by atoms with Gasteiger partial charge in [-0.05, 0) is 94.9 Å². The molecule has 1 aromatic heterocycles. The van der Waals surface area contributed by atoms with E-state index in [1.54, 1.807) is 68.3 Å². The summed E-state index contributed by atoms with van der Waals surface area (Å²) in [6, 6.07) is 27.9. The second-order valence-electron chi connectivity index (χ2n) is 12.1. The Hall–Kier alpha value is -5.22. The number of amides is 4. The number of nitrogens with zero attached hydrogens (tertiary/aromatic N) is 3. The van der Waals surface area contributed by atoms with E-state index in [4.69, 9.17) is 4.74 Å². The molecule has 4 amide bonds. The average molecular weight is 623 g/mol. The van der Waals surface area contributed by atoms with E-state index < -0.39 is 17.6 Å². The van der Waals surface area contributed by atoms with E-state index in [0.29, 0.717) is 30.2 Å². The van der Waals surface area contributed by atoms with Gasteiger partial charge < -0.3 is 25.2 Å². The third kappa shape index (κ3) is 10.4. The Balaban J connectivity index is 1.40. The Kier molecular flexibility index (Phi) is 11.5. The first-order valence-corrected chi connectivity index (χ1v) is 15.2. The lowest BCUT2D eigenvalue weighted by atomic mass is 10.1. The molecule has 240 valence electrons. The first kappa shape index (κ1) is 33.7. The topological polar surface area (TPSA) is 116 Å². The highest BCUT2D eigenvalue weighted by Gasteiger charge is 2.19. The first-order chi connectivity index (χ1) is 22.0. The monoisotopic (exact) mass is 622 g/mol. The minimum atomic E-state index is -0.662. The Bertz CT molecular complexity index is 1600. The van der Waals surface area contributed by atoms with Crippen molar-refractivity contribution in [1.82, 2.24) is 14.8 Å². The maximum Gasteiger partial charge on any atom is 0.412 e. The maximum atomic E-state index is 13.4. The van der Waals surface area contributed by atoms with Crippen LogP contribution in [0.3, 0.4) is 0 Å². The van der Waals surface area contributed by atoms with Gasteiger partial charge in [-0.2, -0.15) is 0 Å². The number of hydrogen-bond acceptors (Lipinski definition) is 6. The van der Waals surface area contributed by atoms with Crippen molar-refractivity contribution in [2.24, 2.45) is 0 Å². The summed E-state index contributed by atoms with van der Waals surface area (Å²) in [7, 11) is 4.00. The van der Waals surface area contributed by atoms with Crippen molar-refractivity contribution in [3.8, 4) is 11.1 Å². The average Bonchev–Trinajstić information content (AvgIpc) is 3.01. The Morgan fingerprint density at radius 3 is 1.98 bits per heavy atom. The highest BCUT2D eigenvalue weighted by Crippen LogP contribution is 2.24. The summed E-state index contributed by atoms with van der Waals surface area (Å²) in [4.78, 5) is 46.9. The fraction of sp³-hybridized carbons (Fsp3) is 0.278. The number of rotatable bonds is 11. The molecule has 0 bridgehead atoms. The summed E-state index contributed by atoms with van der Waals surface area (Å²) >= 11 is 0. The third-order valence-corrected chi connectivity index (χ3v) is 6.81. The lowest BCUT2D eigenvalue weighted by molar-refractivity contribution is 0.0635. The van der Waals surface area contributed by atoms with E-state index in [9.17, 15) is 14.4 Å². The summed E-state index contributed by atoms with van der Waals surface area (Å²) in [6.07, 6.45) is 1.76. The highest BCUT2D eigenvalue weighted by atomic mass is 16.6. The molecule has 0 saturated carbocycles. The minimum absolute atomic E-state index is 0.193. The van der Waals surface area contributed by atoms with E-state index in [1.807, 2.05) is 68.7 Å². The van der Waals surface area contributed by atoms with Crippen LogP contribution < -0.4 is 16.0 Å². The SMILES string of the molecule is CN(C)CCCN(Cc1ccc(C(=O)Nc2ccccc2NC(=O)OC(C)(C)C)nc1)C(=O)Nc1ccc(-c2ccccc2)cc1. The summed E-state index contributed by atoms with van der Waals surface area (Å²) in [5.41, 5.74) is 4.00. The van der Waals surface area contributed by atoms with Crippen LogP contribution in [-0.2, 0) is 11.3 Å². The van der Waals surface area contributed by atoms with Gasteiger partial charge in [-0.25, -0.2) is 9.59 Å². The van der Waals surface area contributed by atoms with Gasteiger partial charge in [0.05, 0.1) is 11.4 Å². The maximum absolute atomic E-state index is 13.4. The Morgan fingerprint density at radius 2 is 1.37 bits per heavy atom. The molecule has 1 heterocycles. The summed E-state index contributed by atoms with van der Waals surface area (Å²) < 4.78 is 5.33. The fourth-order valence-corrected chi connectivity index (χ4v) is 4.58. The highest BCUT2D eigenvalue weighted by molar-refractivity contribution is 6.05. The van der Waals surface area contributed by atoms with Crippen LogP contribution in [0.4, 0.5) is 26.7 Å². The van der Waals surface area contributed by atoms with E-state index >= 15 is 0 Å². The number of carbonyl (C=O) groups is 3. The molecular formula is C36H42N6O4. The lowest BCUT2D eigenvalue weighted by Crippen LogP contribution is -2.36. The first-order valence-electron chi connectivity index (χ1n) is 15.2. The molecule has 3 aromatic carbocycles. The quantitative estimate of drug-likeness (QED) is 0.161. The van der Waals surface area contributed by atoms with Gasteiger partial charge in [0.15, 0.2) is 0 Å². The fourth-order valence-electron chi connectivity index (χ4n) is 4.58. The smallest absolute Gasteiger partial charge is 0.412 e. The molecule has 0 spiro atoms. The molecule has 10 heteroatoms. The zero-order valence-electron chi connectivity index (χ0n) is 27.0. The number of urea groups is 1. The van der Waals surface area contributed by atoms with Crippen molar-refractivity contribution < 1.29 is 19.1 Å². The Labute approximate surface area is 270 Å². The molecule has 4 rings (SSSR count). The van der Waals surface area contributed by atoms with Gasteiger partial charge in [-0.1, -0.05) is 60.7 Å². The van der Waals surface area contributed by atoms with Crippen LogP contribution in [0.15, 0.2) is 97.2 Å². The number of anilines is 3. The molecule has 0 aliphatic heterocycles. The van der Waals surface area contributed by atoms with E-state index in [2.05, 4.69) is 25.8 Å². The van der Waals surface area contributed by atoms with E-state index in [0.717, 1.165) is 29.7 Å². The van der Waals surface area contributed by atoms with Crippen molar-refractivity contribution in [2.75, 3.05) is 43.1 Å². The predicted octanol–water partition coefficient (Wildman–Crippen LogP) is 7.33. The molecule has 46 heavy (non-hydrogen) atoms. The number of aromatic nitrogens is 1. The zero-order valence-corrected chi connectivity index (χ0v) is 27.0. The van der Waals surface area contributed by atoms with Crippen molar-refractivity contribution >= 4 is 35.1 Å². The van der Waals surface area contributed by atoms with Crippen LogP contribution in [0.2, 0.25) is 0 Å². The molecule has 10 nitrogen and oxygen atoms in total. The largest absolute Gasteiger partial charge is 0.444 e. The Morgan fingerprint density at radius 1 is 0.739 bits per heavy atom. The molecular weight excluding hydrogens is 580 g/mol. The minimum Gasteiger partial charge on any atom is -0.444 e. The molecule has 3 N–H and O–H groups in total. The third-order valence-electron chi connectivity index (χ3n) is 6.81. The lowest BCUT2D eigenvalue weighted by Gasteiger charge is -2.24. The summed E-state index contributed by atoms with van der Waals surface area (Å²) in [6.45, 7) is 7.01. The van der Waals surface area contributed by atoms with Crippen molar-refractivity contribution in [3.63, 3.8) is 0 Å². The standard InChI is InChI=1S/C36H42N6O4/c1-36(2,3)46-35(45)40-31-15-10-9-14-30(31)39-33(43)32-21-16-26(24-37-32)25-42(23-11-22-41(4)5)34(44)38-29-19-17-28(18-20-29)27-12-7-6-8-13-27/h6-10,12-21,24H,11,22-23,25H2,1-5H3,(H,38,44)(H,39,43)(H,40,45). The number of nitrogens with one attached hydrogen (secondary N) is 3. The number of para-hydroxylation sites is 2. The van der Waals surface area contributed by atoms with Gasteiger partial charge in [0, 0.05) is 25.0 Å².